The second-order valence-electron chi connectivity index (χ2n) is 16.8. The summed E-state index contributed by atoms with van der Waals surface area (Å²) in [6, 6.07) is 75.5. The van der Waals surface area contributed by atoms with Crippen LogP contribution in [0.1, 0.15) is 28.9 Å². The van der Waals surface area contributed by atoms with Crippen molar-refractivity contribution < 1.29 is 0 Å². The van der Waals surface area contributed by atoms with Gasteiger partial charge in [0.25, 0.3) is 0 Å². The average Bonchev–Trinajstić information content (AvgIpc) is 3.75. The van der Waals surface area contributed by atoms with Gasteiger partial charge in [0, 0.05) is 44.8 Å². The molecule has 2 heterocycles. The third-order valence-corrected chi connectivity index (χ3v) is 12.9. The van der Waals surface area contributed by atoms with Gasteiger partial charge in [-0.2, -0.15) is 0 Å². The van der Waals surface area contributed by atoms with Crippen molar-refractivity contribution in [2.24, 2.45) is 0 Å². The number of allylic oxidation sites excluding steroid dienone is 1. The van der Waals surface area contributed by atoms with Crippen molar-refractivity contribution in [2.45, 2.75) is 12.8 Å². The van der Waals surface area contributed by atoms with Crippen molar-refractivity contribution in [3.63, 3.8) is 0 Å². The third kappa shape index (κ3) is 7.57. The molecular formula is C64H47N3. The second-order valence-corrected chi connectivity index (χ2v) is 16.8. The molecule has 0 aliphatic heterocycles. The molecule has 0 amide bonds. The Labute approximate surface area is 393 Å². The fourth-order valence-electron chi connectivity index (χ4n) is 9.93. The minimum absolute atomic E-state index is 0.640. The average molecular weight is 858 g/mol. The Bertz CT molecular complexity index is 3370. The molecular weight excluding hydrogens is 811 g/mol. The zero-order valence-electron chi connectivity index (χ0n) is 37.2. The Balaban J connectivity index is 1.34. The van der Waals surface area contributed by atoms with Crippen LogP contribution in [0, 0.1) is 0 Å². The maximum Gasteiger partial charge on any atom is 0.161 e. The Morgan fingerprint density at radius 1 is 0.403 bits per heavy atom. The summed E-state index contributed by atoms with van der Waals surface area (Å²) >= 11 is 0. The molecule has 318 valence electrons. The fraction of sp³-hybridized carbons (Fsp3) is 0.0312. The van der Waals surface area contributed by atoms with Crippen LogP contribution in [0.5, 0.6) is 0 Å². The standard InChI is InChI=1S/C64H47N3/c1-3-52-53-37-23-24-38-57(53)67(56(52)4-2)51-41-39-50(40-42-51)62-60(48-33-19-9-20-34-48)58(46-29-15-7-16-30-46)59(47-31-17-8-18-32-47)61(49-35-21-10-22-36-49)63(62)64-65-54(44-25-11-5-12-26-44)43-55(66-64)45-27-13-6-14-28-45/h3-22,24-36,38-43H,1-2,23,37H2. The summed E-state index contributed by atoms with van der Waals surface area (Å²) in [5, 5.41) is 0. The van der Waals surface area contributed by atoms with Gasteiger partial charge in [0.2, 0.25) is 0 Å². The van der Waals surface area contributed by atoms with Crippen molar-refractivity contribution in [3.8, 4) is 95.2 Å². The molecule has 1 aliphatic carbocycles. The Morgan fingerprint density at radius 3 is 1.16 bits per heavy atom. The van der Waals surface area contributed by atoms with E-state index in [0.29, 0.717) is 5.82 Å². The van der Waals surface area contributed by atoms with Gasteiger partial charge in [-0.05, 0) is 93.3 Å². The predicted octanol–water partition coefficient (Wildman–Crippen LogP) is 16.8. The minimum atomic E-state index is 0.640. The number of benzene rings is 8. The highest BCUT2D eigenvalue weighted by atomic mass is 15.0. The molecule has 0 unspecified atom stereocenters. The maximum absolute atomic E-state index is 5.65. The quantitative estimate of drug-likeness (QED) is 0.130. The highest BCUT2D eigenvalue weighted by Gasteiger charge is 2.31. The van der Waals surface area contributed by atoms with Crippen LogP contribution in [0.15, 0.2) is 232 Å². The lowest BCUT2D eigenvalue weighted by atomic mass is 9.75. The minimum Gasteiger partial charge on any atom is -0.310 e. The third-order valence-electron chi connectivity index (χ3n) is 12.9. The van der Waals surface area contributed by atoms with E-state index >= 15 is 0 Å². The lowest BCUT2D eigenvalue weighted by Gasteiger charge is -2.28. The SMILES string of the molecule is C=Cc1c2c(n(-c3ccc(-c4c(-c5ccccc5)c(-c5ccccc5)c(-c5ccccc5)c(-c5ccccc5)c4-c4nc(-c5ccccc5)cc(-c5ccccc5)n4)cc3)c1C=C)C=CCC2. The molecule has 67 heavy (non-hydrogen) atoms. The predicted molar refractivity (Wildman–Crippen MR) is 282 cm³/mol. The Hall–Kier alpha value is -8.66. The number of nitrogens with zero attached hydrogens (tertiary/aromatic N) is 3. The Kier molecular flexibility index (Phi) is 11.1. The van der Waals surface area contributed by atoms with E-state index < -0.39 is 0 Å². The van der Waals surface area contributed by atoms with Gasteiger partial charge in [0.15, 0.2) is 5.82 Å². The number of aromatic nitrogens is 3. The van der Waals surface area contributed by atoms with E-state index in [1.165, 1.54) is 11.3 Å². The van der Waals surface area contributed by atoms with Crippen LogP contribution >= 0.6 is 0 Å². The van der Waals surface area contributed by atoms with Gasteiger partial charge in [-0.3, -0.25) is 0 Å². The zero-order valence-corrected chi connectivity index (χ0v) is 37.2. The highest BCUT2D eigenvalue weighted by molar-refractivity contribution is 6.14. The van der Waals surface area contributed by atoms with E-state index in [9.17, 15) is 0 Å². The van der Waals surface area contributed by atoms with E-state index in [-0.39, 0.29) is 0 Å². The van der Waals surface area contributed by atoms with E-state index in [2.05, 4.69) is 242 Å². The summed E-state index contributed by atoms with van der Waals surface area (Å²) in [5.41, 5.74) is 21.3. The van der Waals surface area contributed by atoms with Gasteiger partial charge in [-0.15, -0.1) is 0 Å². The zero-order chi connectivity index (χ0) is 45.1. The summed E-state index contributed by atoms with van der Waals surface area (Å²) in [4.78, 5) is 11.3. The summed E-state index contributed by atoms with van der Waals surface area (Å²) < 4.78 is 2.33. The molecule has 11 rings (SSSR count). The summed E-state index contributed by atoms with van der Waals surface area (Å²) in [5.74, 6) is 0.640. The van der Waals surface area contributed by atoms with Gasteiger partial charge in [0.1, 0.15) is 0 Å². The van der Waals surface area contributed by atoms with Crippen LogP contribution < -0.4 is 0 Å². The first-order valence-corrected chi connectivity index (χ1v) is 23.0. The normalized spacial score (nSPS) is 11.8. The van der Waals surface area contributed by atoms with Crippen LogP contribution in [-0.4, -0.2) is 14.5 Å². The second kappa shape index (κ2) is 18.1. The number of fused-ring (bicyclic) bond motifs is 1. The van der Waals surface area contributed by atoms with E-state index in [1.807, 2.05) is 12.2 Å². The summed E-state index contributed by atoms with van der Waals surface area (Å²) in [6.07, 6.45) is 10.4. The lowest BCUT2D eigenvalue weighted by Crippen LogP contribution is -2.05. The smallest absolute Gasteiger partial charge is 0.161 e. The number of hydrogen-bond donors (Lipinski definition) is 0. The van der Waals surface area contributed by atoms with Crippen molar-refractivity contribution in [1.29, 1.82) is 0 Å². The van der Waals surface area contributed by atoms with Crippen molar-refractivity contribution in [1.82, 2.24) is 14.5 Å². The van der Waals surface area contributed by atoms with Crippen LogP contribution in [0.2, 0.25) is 0 Å². The molecule has 0 bridgehead atoms. The Morgan fingerprint density at radius 2 is 0.776 bits per heavy atom. The van der Waals surface area contributed by atoms with Gasteiger partial charge < -0.3 is 4.57 Å². The van der Waals surface area contributed by atoms with Crippen LogP contribution in [0.25, 0.3) is 113 Å². The van der Waals surface area contributed by atoms with Crippen molar-refractivity contribution >= 4 is 18.2 Å². The monoisotopic (exact) mass is 857 g/mol. The lowest BCUT2D eigenvalue weighted by molar-refractivity contribution is 0.955. The van der Waals surface area contributed by atoms with Crippen LogP contribution in [0.4, 0.5) is 0 Å². The van der Waals surface area contributed by atoms with E-state index in [0.717, 1.165) is 113 Å². The van der Waals surface area contributed by atoms with Gasteiger partial charge in [-0.1, -0.05) is 219 Å². The highest BCUT2D eigenvalue weighted by Crippen LogP contribution is 2.55. The van der Waals surface area contributed by atoms with Crippen LogP contribution in [-0.2, 0) is 6.42 Å². The molecule has 3 heteroatoms. The largest absolute Gasteiger partial charge is 0.310 e. The van der Waals surface area contributed by atoms with Crippen molar-refractivity contribution in [2.75, 3.05) is 0 Å². The molecule has 8 aromatic carbocycles. The summed E-state index contributed by atoms with van der Waals surface area (Å²) in [7, 11) is 0. The topological polar surface area (TPSA) is 30.7 Å². The van der Waals surface area contributed by atoms with Gasteiger partial charge in [0.05, 0.1) is 17.1 Å². The first-order chi connectivity index (χ1) is 33.2. The first kappa shape index (κ1) is 41.1. The summed E-state index contributed by atoms with van der Waals surface area (Å²) in [6.45, 7) is 8.52. The molecule has 0 radical (unpaired) electrons. The van der Waals surface area contributed by atoms with Gasteiger partial charge in [-0.25, -0.2) is 9.97 Å². The number of rotatable bonds is 11. The maximum atomic E-state index is 5.65. The molecule has 0 fully saturated rings. The molecule has 1 aliphatic rings. The van der Waals surface area contributed by atoms with Crippen molar-refractivity contribution in [3.05, 3.63) is 254 Å². The molecule has 3 nitrogen and oxygen atoms in total. The fourth-order valence-corrected chi connectivity index (χ4v) is 9.93. The van der Waals surface area contributed by atoms with E-state index in [1.54, 1.807) is 0 Å². The van der Waals surface area contributed by atoms with E-state index in [4.69, 9.17) is 9.97 Å². The molecule has 0 atom stereocenters. The molecule has 10 aromatic rings. The van der Waals surface area contributed by atoms with Gasteiger partial charge >= 0.3 is 0 Å². The first-order valence-electron chi connectivity index (χ1n) is 23.0. The molecule has 0 saturated carbocycles. The molecule has 0 N–H and O–H groups in total. The molecule has 2 aromatic heterocycles. The molecule has 0 saturated heterocycles. The van der Waals surface area contributed by atoms with Crippen LogP contribution in [0.3, 0.4) is 0 Å². The molecule has 0 spiro atoms. The number of hydrogen-bond acceptors (Lipinski definition) is 2.